The predicted molar refractivity (Wildman–Crippen MR) is 60.2 cm³/mol. The molecule has 0 N–H and O–H groups in total. The summed E-state index contributed by atoms with van der Waals surface area (Å²) in [6.07, 6.45) is -4.15. The van der Waals surface area contributed by atoms with Crippen LogP contribution in [0.25, 0.3) is 0 Å². The summed E-state index contributed by atoms with van der Waals surface area (Å²) >= 11 is 0. The summed E-state index contributed by atoms with van der Waals surface area (Å²) in [6, 6.07) is -0.241. The van der Waals surface area contributed by atoms with E-state index in [0.29, 0.717) is 13.1 Å². The van der Waals surface area contributed by atoms with Gasteiger partial charge in [0.2, 0.25) is 0 Å². The van der Waals surface area contributed by atoms with Crippen molar-refractivity contribution in [1.29, 1.82) is 0 Å². The lowest BCUT2D eigenvalue weighted by Gasteiger charge is -2.35. The maximum atomic E-state index is 12.5. The highest BCUT2D eigenvalue weighted by atomic mass is 19.4. The van der Waals surface area contributed by atoms with Gasteiger partial charge in [-0.3, -0.25) is 0 Å². The average Bonchev–Trinajstić information content (AvgIpc) is 2.78. The fourth-order valence-electron chi connectivity index (χ4n) is 2.40. The number of likely N-dealkylation sites (N-methyl/N-ethyl adjacent to an activating group) is 1. The first kappa shape index (κ1) is 13.5. The second kappa shape index (κ2) is 4.95. The second-order valence-electron chi connectivity index (χ2n) is 5.05. The average molecular weight is 265 g/mol. The molecule has 4 nitrogen and oxygen atoms in total. The highest BCUT2D eigenvalue weighted by Gasteiger charge is 2.45. The molecule has 2 heterocycles. The molecule has 1 atom stereocenters. The largest absolute Gasteiger partial charge is 0.393 e. The molecule has 0 aromatic carbocycles. The van der Waals surface area contributed by atoms with Crippen molar-refractivity contribution in [1.82, 2.24) is 14.7 Å². The molecule has 2 amide bonds. The van der Waals surface area contributed by atoms with Crippen molar-refractivity contribution in [3.05, 3.63) is 0 Å². The SMILES string of the molecule is CN1CCN(C(=O)N2CCC(C(F)(F)F)C2)CC1. The molecular formula is C11H18F3N3O. The van der Waals surface area contributed by atoms with E-state index in [9.17, 15) is 18.0 Å². The van der Waals surface area contributed by atoms with Crippen molar-refractivity contribution in [2.24, 2.45) is 5.92 Å². The summed E-state index contributed by atoms with van der Waals surface area (Å²) in [7, 11) is 1.97. The molecule has 2 saturated heterocycles. The molecule has 18 heavy (non-hydrogen) atoms. The first-order valence-corrected chi connectivity index (χ1v) is 6.17. The van der Waals surface area contributed by atoms with E-state index in [4.69, 9.17) is 0 Å². The first-order valence-electron chi connectivity index (χ1n) is 6.17. The number of hydrogen-bond donors (Lipinski definition) is 0. The van der Waals surface area contributed by atoms with Crippen LogP contribution in [-0.4, -0.2) is 73.2 Å². The summed E-state index contributed by atoms with van der Waals surface area (Å²) < 4.78 is 37.6. The van der Waals surface area contributed by atoms with Crippen LogP contribution in [0.2, 0.25) is 0 Å². The molecule has 0 aliphatic carbocycles. The van der Waals surface area contributed by atoms with Crippen molar-refractivity contribution < 1.29 is 18.0 Å². The number of alkyl halides is 3. The topological polar surface area (TPSA) is 26.8 Å². The zero-order valence-electron chi connectivity index (χ0n) is 10.4. The van der Waals surface area contributed by atoms with Gasteiger partial charge in [-0.25, -0.2) is 4.79 Å². The Morgan fingerprint density at radius 3 is 2.17 bits per heavy atom. The van der Waals surface area contributed by atoms with E-state index < -0.39 is 12.1 Å². The van der Waals surface area contributed by atoms with Crippen LogP contribution in [0.5, 0.6) is 0 Å². The number of piperazine rings is 1. The molecule has 0 aromatic heterocycles. The van der Waals surface area contributed by atoms with Gasteiger partial charge in [0.25, 0.3) is 0 Å². The number of nitrogens with zero attached hydrogens (tertiary/aromatic N) is 3. The minimum atomic E-state index is -4.18. The van der Waals surface area contributed by atoms with Gasteiger partial charge in [-0.05, 0) is 13.5 Å². The van der Waals surface area contributed by atoms with Crippen LogP contribution in [0.4, 0.5) is 18.0 Å². The number of urea groups is 1. The van der Waals surface area contributed by atoms with Gasteiger partial charge >= 0.3 is 12.2 Å². The molecular weight excluding hydrogens is 247 g/mol. The van der Waals surface area contributed by atoms with Crippen LogP contribution in [0, 0.1) is 5.92 Å². The molecule has 104 valence electrons. The van der Waals surface area contributed by atoms with Crippen LogP contribution in [0.3, 0.4) is 0 Å². The predicted octanol–water partition coefficient (Wildman–Crippen LogP) is 1.24. The zero-order valence-corrected chi connectivity index (χ0v) is 10.4. The molecule has 2 aliphatic rings. The van der Waals surface area contributed by atoms with Gasteiger partial charge in [-0.1, -0.05) is 0 Å². The second-order valence-corrected chi connectivity index (χ2v) is 5.05. The standard InChI is InChI=1S/C11H18F3N3O/c1-15-4-6-16(7-5-15)10(18)17-3-2-9(8-17)11(12,13)14/h9H,2-8H2,1H3. The normalized spacial score (nSPS) is 26.8. The van der Waals surface area contributed by atoms with E-state index in [1.807, 2.05) is 7.05 Å². The highest BCUT2D eigenvalue weighted by molar-refractivity contribution is 5.75. The Bertz CT molecular complexity index is 313. The van der Waals surface area contributed by atoms with Gasteiger partial charge in [-0.15, -0.1) is 0 Å². The molecule has 0 aromatic rings. The van der Waals surface area contributed by atoms with Gasteiger partial charge in [0.05, 0.1) is 5.92 Å². The van der Waals surface area contributed by atoms with Crippen molar-refractivity contribution in [3.8, 4) is 0 Å². The number of carbonyl (C=O) groups is 1. The summed E-state index contributed by atoms with van der Waals surface area (Å²) in [5.74, 6) is -1.35. The van der Waals surface area contributed by atoms with Gasteiger partial charge < -0.3 is 14.7 Å². The third-order valence-corrected chi connectivity index (χ3v) is 3.70. The van der Waals surface area contributed by atoms with Crippen LogP contribution < -0.4 is 0 Å². The number of carbonyl (C=O) groups excluding carboxylic acids is 1. The van der Waals surface area contributed by atoms with Crippen molar-refractivity contribution in [3.63, 3.8) is 0 Å². The molecule has 1 unspecified atom stereocenters. The molecule has 7 heteroatoms. The van der Waals surface area contributed by atoms with Crippen LogP contribution in [-0.2, 0) is 0 Å². The van der Waals surface area contributed by atoms with Gasteiger partial charge in [0, 0.05) is 39.3 Å². The van der Waals surface area contributed by atoms with E-state index >= 15 is 0 Å². The van der Waals surface area contributed by atoms with Crippen LogP contribution in [0.15, 0.2) is 0 Å². The van der Waals surface area contributed by atoms with E-state index in [0.717, 1.165) is 13.1 Å². The number of rotatable bonds is 0. The van der Waals surface area contributed by atoms with E-state index in [1.165, 1.54) is 4.90 Å². The first-order chi connectivity index (χ1) is 8.38. The monoisotopic (exact) mass is 265 g/mol. The minimum absolute atomic E-state index is 0.0307. The maximum Gasteiger partial charge on any atom is 0.393 e. The highest BCUT2D eigenvalue weighted by Crippen LogP contribution is 2.33. The summed E-state index contributed by atoms with van der Waals surface area (Å²) in [6.45, 7) is 2.79. The number of hydrogen-bond acceptors (Lipinski definition) is 2. The molecule has 0 saturated carbocycles. The smallest absolute Gasteiger partial charge is 0.324 e. The molecule has 2 fully saturated rings. The fraction of sp³-hybridized carbons (Fsp3) is 0.909. The van der Waals surface area contributed by atoms with Crippen LogP contribution >= 0.6 is 0 Å². The number of amides is 2. The molecule has 2 aliphatic heterocycles. The molecule has 2 rings (SSSR count). The lowest BCUT2D eigenvalue weighted by Crippen LogP contribution is -2.51. The third-order valence-electron chi connectivity index (χ3n) is 3.70. The zero-order chi connectivity index (χ0) is 13.3. The molecule has 0 bridgehead atoms. The van der Waals surface area contributed by atoms with E-state index in [1.54, 1.807) is 4.90 Å². The Kier molecular flexibility index (Phi) is 3.70. The maximum absolute atomic E-state index is 12.5. The Morgan fingerprint density at radius 1 is 1.06 bits per heavy atom. The Morgan fingerprint density at radius 2 is 1.67 bits per heavy atom. The summed E-state index contributed by atoms with van der Waals surface area (Å²) in [5.41, 5.74) is 0. The lowest BCUT2D eigenvalue weighted by molar-refractivity contribution is -0.170. The van der Waals surface area contributed by atoms with E-state index in [-0.39, 0.29) is 25.5 Å². The lowest BCUT2D eigenvalue weighted by atomic mass is 10.1. The van der Waals surface area contributed by atoms with Crippen LogP contribution in [0.1, 0.15) is 6.42 Å². The molecule has 0 spiro atoms. The van der Waals surface area contributed by atoms with Crippen molar-refractivity contribution in [2.45, 2.75) is 12.6 Å². The minimum Gasteiger partial charge on any atom is -0.324 e. The Hall–Kier alpha value is -0.980. The molecule has 0 radical (unpaired) electrons. The summed E-state index contributed by atoms with van der Waals surface area (Å²) in [4.78, 5) is 17.1. The van der Waals surface area contributed by atoms with Gasteiger partial charge in [-0.2, -0.15) is 13.2 Å². The third kappa shape index (κ3) is 2.88. The Labute approximate surface area is 104 Å². The number of halogens is 3. The quantitative estimate of drug-likeness (QED) is 0.659. The number of likely N-dealkylation sites (tertiary alicyclic amines) is 1. The van der Waals surface area contributed by atoms with Gasteiger partial charge in [0.15, 0.2) is 0 Å². The van der Waals surface area contributed by atoms with E-state index in [2.05, 4.69) is 4.90 Å². The fourth-order valence-corrected chi connectivity index (χ4v) is 2.40. The van der Waals surface area contributed by atoms with Gasteiger partial charge in [0.1, 0.15) is 0 Å². The summed E-state index contributed by atoms with van der Waals surface area (Å²) in [5, 5.41) is 0. The Balaban J connectivity index is 1.88. The van der Waals surface area contributed by atoms with Crippen molar-refractivity contribution in [2.75, 3.05) is 46.3 Å². The van der Waals surface area contributed by atoms with Crippen molar-refractivity contribution >= 4 is 6.03 Å².